The van der Waals surface area contributed by atoms with Gasteiger partial charge in [-0.05, 0) is 58.8 Å². The molecule has 1 atom stereocenters. The third-order valence-electron chi connectivity index (χ3n) is 4.87. The molecule has 1 saturated heterocycles. The summed E-state index contributed by atoms with van der Waals surface area (Å²) in [5, 5.41) is 13.2. The van der Waals surface area contributed by atoms with Crippen molar-refractivity contribution >= 4 is 0 Å². The van der Waals surface area contributed by atoms with Gasteiger partial charge in [0.2, 0.25) is 0 Å². The van der Waals surface area contributed by atoms with Crippen molar-refractivity contribution in [2.45, 2.75) is 38.1 Å². The molecule has 0 amide bonds. The zero-order valence-electron chi connectivity index (χ0n) is 10.7. The van der Waals surface area contributed by atoms with E-state index >= 15 is 0 Å². The van der Waals surface area contributed by atoms with Crippen molar-refractivity contribution in [3.63, 3.8) is 0 Å². The number of likely N-dealkylation sites (tertiary alicyclic amines) is 1. The SMILES string of the molecule is CNC(C1CCN(C)CC1)C1(CO)CCC1. The van der Waals surface area contributed by atoms with Gasteiger partial charge in [0, 0.05) is 11.5 Å². The first-order valence-electron chi connectivity index (χ1n) is 6.68. The Hall–Kier alpha value is -0.120. The molecule has 0 spiro atoms. The van der Waals surface area contributed by atoms with Crippen LogP contribution < -0.4 is 5.32 Å². The molecule has 0 aromatic carbocycles. The van der Waals surface area contributed by atoms with Gasteiger partial charge in [-0.3, -0.25) is 0 Å². The first-order chi connectivity index (χ1) is 7.72. The second-order valence-electron chi connectivity index (χ2n) is 5.78. The largest absolute Gasteiger partial charge is 0.396 e. The molecule has 2 fully saturated rings. The molecule has 2 aliphatic rings. The maximum absolute atomic E-state index is 9.67. The summed E-state index contributed by atoms with van der Waals surface area (Å²) < 4.78 is 0. The Morgan fingerprint density at radius 3 is 2.38 bits per heavy atom. The Kier molecular flexibility index (Phi) is 3.88. The van der Waals surface area contributed by atoms with E-state index in [1.807, 2.05) is 0 Å². The van der Waals surface area contributed by atoms with Crippen molar-refractivity contribution in [1.82, 2.24) is 10.2 Å². The minimum atomic E-state index is 0.204. The molecule has 1 saturated carbocycles. The van der Waals surface area contributed by atoms with E-state index < -0.39 is 0 Å². The predicted octanol–water partition coefficient (Wildman–Crippen LogP) is 1.08. The Balaban J connectivity index is 1.99. The van der Waals surface area contributed by atoms with Gasteiger partial charge in [-0.25, -0.2) is 0 Å². The number of nitrogens with one attached hydrogen (secondary N) is 1. The molecule has 16 heavy (non-hydrogen) atoms. The fourth-order valence-electron chi connectivity index (χ4n) is 3.60. The molecule has 0 aromatic rings. The normalized spacial score (nSPS) is 28.7. The van der Waals surface area contributed by atoms with E-state index in [4.69, 9.17) is 0 Å². The van der Waals surface area contributed by atoms with E-state index in [9.17, 15) is 5.11 Å². The fraction of sp³-hybridized carbons (Fsp3) is 1.00. The standard InChI is InChI=1S/C13H26N2O/c1-14-12(13(10-16)6-3-7-13)11-4-8-15(2)9-5-11/h11-12,14,16H,3-10H2,1-2H3. The smallest absolute Gasteiger partial charge is 0.0502 e. The number of nitrogens with zero attached hydrogens (tertiary/aromatic N) is 1. The molecule has 1 heterocycles. The molecule has 2 rings (SSSR count). The predicted molar refractivity (Wildman–Crippen MR) is 66.4 cm³/mol. The van der Waals surface area contributed by atoms with E-state index in [1.165, 1.54) is 45.2 Å². The molecule has 94 valence electrons. The highest BCUT2D eigenvalue weighted by atomic mass is 16.3. The van der Waals surface area contributed by atoms with Gasteiger partial charge in [-0.2, -0.15) is 0 Å². The molecular weight excluding hydrogens is 200 g/mol. The lowest BCUT2D eigenvalue weighted by atomic mass is 9.60. The molecule has 1 aliphatic heterocycles. The highest BCUT2D eigenvalue weighted by Crippen LogP contribution is 2.47. The number of aliphatic hydroxyl groups excluding tert-OH is 1. The van der Waals surface area contributed by atoms with Gasteiger partial charge in [-0.15, -0.1) is 0 Å². The summed E-state index contributed by atoms with van der Waals surface area (Å²) in [7, 11) is 4.27. The maximum Gasteiger partial charge on any atom is 0.0502 e. The summed E-state index contributed by atoms with van der Waals surface area (Å²) in [5.41, 5.74) is 0.204. The van der Waals surface area contributed by atoms with Gasteiger partial charge >= 0.3 is 0 Å². The minimum Gasteiger partial charge on any atom is -0.396 e. The Bertz CT molecular complexity index is 214. The second-order valence-corrected chi connectivity index (χ2v) is 5.78. The van der Waals surface area contributed by atoms with E-state index in [2.05, 4.69) is 24.3 Å². The van der Waals surface area contributed by atoms with Gasteiger partial charge in [0.05, 0.1) is 6.61 Å². The average molecular weight is 226 g/mol. The zero-order chi connectivity index (χ0) is 11.6. The van der Waals surface area contributed by atoms with Crippen molar-refractivity contribution in [2.75, 3.05) is 33.8 Å². The van der Waals surface area contributed by atoms with Crippen LogP contribution in [-0.4, -0.2) is 49.8 Å². The molecule has 1 unspecified atom stereocenters. The van der Waals surface area contributed by atoms with E-state index in [1.54, 1.807) is 0 Å². The molecule has 0 aromatic heterocycles. The van der Waals surface area contributed by atoms with Crippen molar-refractivity contribution in [3.8, 4) is 0 Å². The lowest BCUT2D eigenvalue weighted by molar-refractivity contribution is -0.0220. The zero-order valence-corrected chi connectivity index (χ0v) is 10.7. The number of rotatable bonds is 4. The molecule has 0 radical (unpaired) electrons. The minimum absolute atomic E-state index is 0.204. The number of hydrogen-bond donors (Lipinski definition) is 2. The average Bonchev–Trinajstić information content (AvgIpc) is 2.25. The number of aliphatic hydroxyl groups is 1. The van der Waals surface area contributed by atoms with Crippen LogP contribution in [0.15, 0.2) is 0 Å². The molecule has 3 heteroatoms. The van der Waals surface area contributed by atoms with Crippen LogP contribution in [0.2, 0.25) is 0 Å². The monoisotopic (exact) mass is 226 g/mol. The third-order valence-corrected chi connectivity index (χ3v) is 4.87. The molecule has 0 bridgehead atoms. The van der Waals surface area contributed by atoms with Crippen LogP contribution in [0.25, 0.3) is 0 Å². The first-order valence-corrected chi connectivity index (χ1v) is 6.68. The summed E-state index contributed by atoms with van der Waals surface area (Å²) in [6.07, 6.45) is 6.28. The lowest BCUT2D eigenvalue weighted by Gasteiger charge is -2.50. The summed E-state index contributed by atoms with van der Waals surface area (Å²) in [6.45, 7) is 2.79. The summed E-state index contributed by atoms with van der Waals surface area (Å²) in [4.78, 5) is 2.41. The van der Waals surface area contributed by atoms with Gasteiger partial charge in [-0.1, -0.05) is 6.42 Å². The summed E-state index contributed by atoms with van der Waals surface area (Å²) in [6, 6.07) is 0.528. The quantitative estimate of drug-likeness (QED) is 0.753. The first kappa shape index (κ1) is 12.3. The maximum atomic E-state index is 9.67. The van der Waals surface area contributed by atoms with Crippen molar-refractivity contribution in [1.29, 1.82) is 0 Å². The second kappa shape index (κ2) is 5.03. The highest BCUT2D eigenvalue weighted by molar-refractivity contribution is 5.00. The van der Waals surface area contributed by atoms with Crippen LogP contribution in [0, 0.1) is 11.3 Å². The van der Waals surface area contributed by atoms with E-state index in [0.29, 0.717) is 12.6 Å². The van der Waals surface area contributed by atoms with Crippen LogP contribution >= 0.6 is 0 Å². The summed E-state index contributed by atoms with van der Waals surface area (Å²) in [5.74, 6) is 0.758. The van der Waals surface area contributed by atoms with Crippen LogP contribution in [0.5, 0.6) is 0 Å². The fourth-order valence-corrected chi connectivity index (χ4v) is 3.60. The highest BCUT2D eigenvalue weighted by Gasteiger charge is 2.46. The number of piperidine rings is 1. The van der Waals surface area contributed by atoms with Gasteiger partial charge in [0.1, 0.15) is 0 Å². The van der Waals surface area contributed by atoms with Gasteiger partial charge in [0.25, 0.3) is 0 Å². The Morgan fingerprint density at radius 1 is 1.38 bits per heavy atom. The van der Waals surface area contributed by atoms with Crippen LogP contribution in [0.4, 0.5) is 0 Å². The van der Waals surface area contributed by atoms with Crippen molar-refractivity contribution < 1.29 is 5.11 Å². The summed E-state index contributed by atoms with van der Waals surface area (Å²) >= 11 is 0. The topological polar surface area (TPSA) is 35.5 Å². The third kappa shape index (κ3) is 2.13. The Labute approximate surface area is 99.2 Å². The van der Waals surface area contributed by atoms with Crippen LogP contribution in [0.3, 0.4) is 0 Å². The molecule has 3 nitrogen and oxygen atoms in total. The van der Waals surface area contributed by atoms with Crippen LogP contribution in [0.1, 0.15) is 32.1 Å². The molecule has 2 N–H and O–H groups in total. The lowest BCUT2D eigenvalue weighted by Crippen LogP contribution is -2.56. The molecular formula is C13H26N2O. The van der Waals surface area contributed by atoms with E-state index in [-0.39, 0.29) is 5.41 Å². The van der Waals surface area contributed by atoms with Crippen molar-refractivity contribution in [3.05, 3.63) is 0 Å². The number of hydrogen-bond acceptors (Lipinski definition) is 3. The van der Waals surface area contributed by atoms with Gasteiger partial charge in [0.15, 0.2) is 0 Å². The van der Waals surface area contributed by atoms with Gasteiger partial charge < -0.3 is 15.3 Å². The molecule has 1 aliphatic carbocycles. The van der Waals surface area contributed by atoms with Crippen LogP contribution in [-0.2, 0) is 0 Å². The van der Waals surface area contributed by atoms with Crippen molar-refractivity contribution in [2.24, 2.45) is 11.3 Å². The van der Waals surface area contributed by atoms with E-state index in [0.717, 1.165) is 5.92 Å². The Morgan fingerprint density at radius 2 is 2.00 bits per heavy atom.